The monoisotopic (exact) mass is 518 g/mol. The Morgan fingerprint density at radius 1 is 1.16 bits per heavy atom. The van der Waals surface area contributed by atoms with Crippen LogP contribution in [0.2, 0.25) is 0 Å². The van der Waals surface area contributed by atoms with Crippen molar-refractivity contribution in [2.24, 2.45) is 5.92 Å². The smallest absolute Gasteiger partial charge is 0.296 e. The van der Waals surface area contributed by atoms with Crippen molar-refractivity contribution in [1.82, 2.24) is 4.98 Å². The molecule has 2 heterocycles. The van der Waals surface area contributed by atoms with Crippen LogP contribution < -0.4 is 14.4 Å². The largest absolute Gasteiger partial charge is 0.503 e. The first-order chi connectivity index (χ1) is 17.9. The van der Waals surface area contributed by atoms with Crippen LogP contribution in [-0.4, -0.2) is 35.0 Å². The normalized spacial score (nSPS) is 15.7. The summed E-state index contributed by atoms with van der Waals surface area (Å²) in [6.45, 7) is 7.09. The number of ketones is 1. The third-order valence-electron chi connectivity index (χ3n) is 5.86. The lowest BCUT2D eigenvalue weighted by molar-refractivity contribution is -0.117. The van der Waals surface area contributed by atoms with Gasteiger partial charge in [0.15, 0.2) is 28.2 Å². The molecule has 1 aliphatic rings. The second-order valence-corrected chi connectivity index (χ2v) is 9.81. The van der Waals surface area contributed by atoms with Gasteiger partial charge in [-0.2, -0.15) is 0 Å². The van der Waals surface area contributed by atoms with E-state index >= 15 is 0 Å². The van der Waals surface area contributed by atoms with Crippen LogP contribution in [0, 0.1) is 5.92 Å². The van der Waals surface area contributed by atoms with E-state index in [1.54, 1.807) is 35.9 Å². The molecule has 1 aliphatic heterocycles. The molecule has 37 heavy (non-hydrogen) atoms. The Morgan fingerprint density at radius 3 is 2.62 bits per heavy atom. The van der Waals surface area contributed by atoms with Gasteiger partial charge in [0.1, 0.15) is 0 Å². The lowest BCUT2D eigenvalue weighted by atomic mass is 9.95. The minimum Gasteiger partial charge on any atom is -0.503 e. The molecule has 0 radical (unpaired) electrons. The highest BCUT2D eigenvalue weighted by molar-refractivity contribution is 7.13. The van der Waals surface area contributed by atoms with E-state index in [2.05, 4.69) is 18.8 Å². The maximum atomic E-state index is 13.4. The Hall–Kier alpha value is -3.91. The Balaban J connectivity index is 1.74. The van der Waals surface area contributed by atoms with Gasteiger partial charge in [-0.05, 0) is 48.6 Å². The molecule has 2 aromatic carbocycles. The summed E-state index contributed by atoms with van der Waals surface area (Å²) in [5, 5.41) is 13.0. The summed E-state index contributed by atoms with van der Waals surface area (Å²) < 4.78 is 11.8. The molecule has 1 unspecified atom stereocenters. The third kappa shape index (κ3) is 5.91. The third-order valence-corrected chi connectivity index (χ3v) is 6.63. The molecule has 0 aliphatic carbocycles. The maximum absolute atomic E-state index is 13.4. The van der Waals surface area contributed by atoms with Crippen molar-refractivity contribution in [3.63, 3.8) is 0 Å². The molecule has 1 atom stereocenters. The van der Waals surface area contributed by atoms with E-state index in [0.717, 1.165) is 12.0 Å². The fourth-order valence-electron chi connectivity index (χ4n) is 4.02. The Bertz CT molecular complexity index is 1300. The topological polar surface area (TPSA) is 89.0 Å². The predicted octanol–water partition coefficient (Wildman–Crippen LogP) is 6.15. The lowest BCUT2D eigenvalue weighted by Crippen LogP contribution is -2.30. The van der Waals surface area contributed by atoms with Crippen LogP contribution >= 0.6 is 11.3 Å². The first kappa shape index (κ1) is 26.2. The van der Waals surface area contributed by atoms with Crippen LogP contribution in [0.4, 0.5) is 5.13 Å². The van der Waals surface area contributed by atoms with Crippen molar-refractivity contribution < 1.29 is 24.2 Å². The summed E-state index contributed by atoms with van der Waals surface area (Å²) in [7, 11) is 0. The number of aliphatic hydroxyl groups is 1. The summed E-state index contributed by atoms with van der Waals surface area (Å²) in [4.78, 5) is 32.2. The van der Waals surface area contributed by atoms with E-state index in [9.17, 15) is 14.7 Å². The van der Waals surface area contributed by atoms with Crippen molar-refractivity contribution in [2.75, 3.05) is 18.1 Å². The van der Waals surface area contributed by atoms with Crippen LogP contribution in [0.3, 0.4) is 0 Å². The number of thiazole rings is 1. The molecular formula is C29H30N2O5S. The van der Waals surface area contributed by atoms with Gasteiger partial charge in [0, 0.05) is 11.6 Å². The van der Waals surface area contributed by atoms with Gasteiger partial charge in [-0.25, -0.2) is 4.98 Å². The number of nitrogens with zero attached hydrogens (tertiary/aromatic N) is 2. The summed E-state index contributed by atoms with van der Waals surface area (Å²) in [6.07, 6.45) is 5.51. The van der Waals surface area contributed by atoms with E-state index in [1.807, 2.05) is 37.3 Å². The number of carbonyl (C=O) groups is 2. The number of benzene rings is 2. The van der Waals surface area contributed by atoms with Crippen molar-refractivity contribution in [3.05, 3.63) is 88.6 Å². The van der Waals surface area contributed by atoms with Gasteiger partial charge in [0.05, 0.1) is 24.8 Å². The average Bonchev–Trinajstić information content (AvgIpc) is 3.50. The van der Waals surface area contributed by atoms with E-state index in [-0.39, 0.29) is 5.57 Å². The molecule has 192 valence electrons. The summed E-state index contributed by atoms with van der Waals surface area (Å²) in [5.74, 6) is -0.134. The molecular weight excluding hydrogens is 488 g/mol. The molecule has 0 bridgehead atoms. The zero-order valence-corrected chi connectivity index (χ0v) is 21.9. The number of carbonyl (C=O) groups excluding carboxylic acids is 2. The molecule has 0 saturated heterocycles. The molecule has 0 saturated carbocycles. The number of hydrogen-bond donors (Lipinski definition) is 1. The fourth-order valence-corrected chi connectivity index (χ4v) is 4.68. The Morgan fingerprint density at radius 2 is 1.95 bits per heavy atom. The molecule has 1 N–H and O–H groups in total. The van der Waals surface area contributed by atoms with Crippen molar-refractivity contribution in [1.29, 1.82) is 0 Å². The number of allylic oxidation sites excluding steroid dienone is 1. The number of amides is 1. The van der Waals surface area contributed by atoms with Gasteiger partial charge in [0.25, 0.3) is 5.91 Å². The van der Waals surface area contributed by atoms with Gasteiger partial charge >= 0.3 is 0 Å². The zero-order chi connectivity index (χ0) is 26.4. The summed E-state index contributed by atoms with van der Waals surface area (Å²) in [5.41, 5.74) is 1.42. The first-order valence-electron chi connectivity index (χ1n) is 12.2. The van der Waals surface area contributed by atoms with Crippen molar-refractivity contribution in [3.8, 4) is 11.5 Å². The number of aromatic nitrogens is 1. The summed E-state index contributed by atoms with van der Waals surface area (Å²) in [6, 6.07) is 13.8. The zero-order valence-electron chi connectivity index (χ0n) is 21.1. The molecule has 0 fully saturated rings. The number of aliphatic hydroxyl groups excluding tert-OH is 1. The van der Waals surface area contributed by atoms with Gasteiger partial charge < -0.3 is 14.6 Å². The quantitative estimate of drug-likeness (QED) is 0.306. The molecule has 7 nitrogen and oxygen atoms in total. The number of hydrogen-bond acceptors (Lipinski definition) is 7. The molecule has 4 rings (SSSR count). The molecule has 8 heteroatoms. The average molecular weight is 519 g/mol. The van der Waals surface area contributed by atoms with Crippen LogP contribution in [0.5, 0.6) is 11.5 Å². The lowest BCUT2D eigenvalue weighted by Gasteiger charge is -2.25. The summed E-state index contributed by atoms with van der Waals surface area (Å²) >= 11 is 1.25. The second-order valence-electron chi connectivity index (χ2n) is 8.93. The predicted molar refractivity (Wildman–Crippen MR) is 145 cm³/mol. The minimum atomic E-state index is -0.879. The molecule has 0 spiro atoms. The molecule has 3 aromatic rings. The van der Waals surface area contributed by atoms with E-state index in [0.29, 0.717) is 41.3 Å². The highest BCUT2D eigenvalue weighted by atomic mass is 32.1. The Kier molecular flexibility index (Phi) is 8.40. The van der Waals surface area contributed by atoms with Gasteiger partial charge in [-0.3, -0.25) is 14.5 Å². The van der Waals surface area contributed by atoms with Crippen molar-refractivity contribution >= 4 is 34.2 Å². The first-order valence-corrected chi connectivity index (χ1v) is 13.1. The van der Waals surface area contributed by atoms with Gasteiger partial charge in [0.2, 0.25) is 0 Å². The molecule has 1 amide bonds. The highest BCUT2D eigenvalue weighted by Crippen LogP contribution is 2.44. The standard InChI is InChI=1S/C29H30N2O5S/c1-4-35-24-18-21(11-13-23(24)36-16-14-19(2)3)26-25(22(32)12-10-20-8-6-5-7-9-20)27(33)28(34)31(26)29-30-15-17-37-29/h5-13,15,17-19,26,33H,4,14,16H2,1-3H3/b12-10+. The minimum absolute atomic E-state index is 0.0108. The van der Waals surface area contributed by atoms with Gasteiger partial charge in [-0.1, -0.05) is 56.3 Å². The fraction of sp³-hybridized carbons (Fsp3) is 0.276. The van der Waals surface area contributed by atoms with Crippen LogP contribution in [-0.2, 0) is 9.59 Å². The van der Waals surface area contributed by atoms with E-state index in [1.165, 1.54) is 22.3 Å². The SMILES string of the molecule is CCOc1cc(C2C(C(=O)/C=C/c3ccccc3)=C(O)C(=O)N2c2nccs2)ccc1OCCC(C)C. The van der Waals surface area contributed by atoms with E-state index in [4.69, 9.17) is 9.47 Å². The van der Waals surface area contributed by atoms with E-state index < -0.39 is 23.5 Å². The van der Waals surface area contributed by atoms with Crippen LogP contribution in [0.15, 0.2) is 77.5 Å². The Labute approximate surface area is 220 Å². The van der Waals surface area contributed by atoms with Gasteiger partial charge in [-0.15, -0.1) is 11.3 Å². The number of anilines is 1. The second kappa shape index (κ2) is 11.9. The highest BCUT2D eigenvalue weighted by Gasteiger charge is 2.45. The van der Waals surface area contributed by atoms with Crippen LogP contribution in [0.1, 0.15) is 44.4 Å². The maximum Gasteiger partial charge on any atom is 0.296 e. The van der Waals surface area contributed by atoms with Crippen LogP contribution in [0.25, 0.3) is 6.08 Å². The molecule has 1 aromatic heterocycles. The van der Waals surface area contributed by atoms with Crippen molar-refractivity contribution in [2.45, 2.75) is 33.2 Å². The number of ether oxygens (including phenoxy) is 2. The number of rotatable bonds is 11.